The first kappa shape index (κ1) is 23.3. The molecule has 4 heteroatoms. The number of hydrogen-bond acceptors (Lipinski definition) is 3. The van der Waals surface area contributed by atoms with Gasteiger partial charge in [0.15, 0.2) is 11.6 Å². The number of hydrogen-bond donors (Lipinski definition) is 0. The molecule has 0 bridgehead atoms. The van der Waals surface area contributed by atoms with Crippen LogP contribution < -0.4 is 0 Å². The average Bonchev–Trinajstić information content (AvgIpc) is 3.45. The van der Waals surface area contributed by atoms with Crippen LogP contribution in [-0.2, 0) is 18.3 Å². The molecule has 0 aliphatic heterocycles. The molecule has 2 aliphatic rings. The minimum Gasteiger partial charge on any atom is -0.282 e. The smallest absolute Gasteiger partial charge is 0.238 e. The van der Waals surface area contributed by atoms with E-state index in [9.17, 15) is 0 Å². The highest BCUT2D eigenvalue weighted by atomic mass is 15.2. The lowest BCUT2D eigenvalue weighted by Crippen LogP contribution is -2.15. The van der Waals surface area contributed by atoms with Crippen LogP contribution in [0.25, 0.3) is 50.8 Å². The quantitative estimate of drug-likeness (QED) is 0.236. The van der Waals surface area contributed by atoms with Gasteiger partial charge in [0.2, 0.25) is 5.95 Å². The molecule has 194 valence electrons. The second kappa shape index (κ2) is 8.72. The number of aryl methyl sites for hydroxylation is 1. The fourth-order valence-corrected chi connectivity index (χ4v) is 6.86. The van der Waals surface area contributed by atoms with E-state index in [-0.39, 0.29) is 5.41 Å². The average molecular weight is 519 g/mol. The van der Waals surface area contributed by atoms with E-state index in [4.69, 9.17) is 15.0 Å². The van der Waals surface area contributed by atoms with Gasteiger partial charge in [-0.15, -0.1) is 0 Å². The zero-order valence-corrected chi connectivity index (χ0v) is 22.9. The van der Waals surface area contributed by atoms with Crippen LogP contribution in [0.15, 0.2) is 97.1 Å². The van der Waals surface area contributed by atoms with E-state index in [1.165, 1.54) is 57.3 Å². The maximum absolute atomic E-state index is 5.14. The highest BCUT2D eigenvalue weighted by Crippen LogP contribution is 2.51. The Labute approximate surface area is 234 Å². The second-order valence-electron chi connectivity index (χ2n) is 11.6. The van der Waals surface area contributed by atoms with Crippen molar-refractivity contribution in [3.05, 3.63) is 119 Å². The Balaban J connectivity index is 1.43. The third kappa shape index (κ3) is 3.42. The van der Waals surface area contributed by atoms with Crippen LogP contribution in [0.2, 0.25) is 0 Å². The van der Waals surface area contributed by atoms with Gasteiger partial charge in [0, 0.05) is 27.6 Å². The van der Waals surface area contributed by atoms with Crippen molar-refractivity contribution < 1.29 is 0 Å². The van der Waals surface area contributed by atoms with Gasteiger partial charge < -0.3 is 0 Å². The summed E-state index contributed by atoms with van der Waals surface area (Å²) in [5, 5.41) is 1.34. The molecule has 8 rings (SSSR count). The first-order chi connectivity index (χ1) is 19.6. The van der Waals surface area contributed by atoms with Crippen LogP contribution in [0.4, 0.5) is 0 Å². The number of aromatic nitrogens is 4. The second-order valence-corrected chi connectivity index (χ2v) is 11.6. The third-order valence-electron chi connectivity index (χ3n) is 8.86. The predicted octanol–water partition coefficient (Wildman–Crippen LogP) is 8.33. The van der Waals surface area contributed by atoms with E-state index < -0.39 is 0 Å². The molecule has 2 heterocycles. The third-order valence-corrected chi connectivity index (χ3v) is 8.86. The summed E-state index contributed by atoms with van der Waals surface area (Å²) in [6.45, 7) is 4.70. The molecule has 0 fully saturated rings. The molecule has 0 spiro atoms. The summed E-state index contributed by atoms with van der Waals surface area (Å²) in [4.78, 5) is 15.2. The number of benzene rings is 4. The Morgan fingerprint density at radius 3 is 1.95 bits per heavy atom. The zero-order chi connectivity index (χ0) is 26.8. The van der Waals surface area contributed by atoms with Gasteiger partial charge in [0.25, 0.3) is 0 Å². The molecule has 0 atom stereocenters. The van der Waals surface area contributed by atoms with Gasteiger partial charge >= 0.3 is 0 Å². The van der Waals surface area contributed by atoms with E-state index in [1.807, 2.05) is 36.4 Å². The van der Waals surface area contributed by atoms with Gasteiger partial charge in [-0.2, -0.15) is 9.97 Å². The minimum absolute atomic E-state index is 0.0702. The van der Waals surface area contributed by atoms with Gasteiger partial charge in [-0.3, -0.25) is 4.57 Å². The van der Waals surface area contributed by atoms with Crippen molar-refractivity contribution in [2.24, 2.45) is 0 Å². The fraction of sp³-hybridized carbons (Fsp3) is 0.194. The van der Waals surface area contributed by atoms with Gasteiger partial charge in [0.05, 0.1) is 5.52 Å². The van der Waals surface area contributed by atoms with Crippen LogP contribution in [-0.4, -0.2) is 19.5 Å². The fourth-order valence-electron chi connectivity index (χ4n) is 6.86. The Bertz CT molecular complexity index is 1860. The summed E-state index contributed by atoms with van der Waals surface area (Å²) in [6, 6.07) is 34.3. The molecule has 40 heavy (non-hydrogen) atoms. The molecule has 2 aromatic heterocycles. The molecule has 4 nitrogen and oxygen atoms in total. The lowest BCUT2D eigenvalue weighted by atomic mass is 9.82. The van der Waals surface area contributed by atoms with Crippen molar-refractivity contribution >= 4 is 10.9 Å². The summed E-state index contributed by atoms with van der Waals surface area (Å²) in [6.07, 6.45) is 4.51. The molecular weight excluding hydrogens is 488 g/mol. The minimum atomic E-state index is -0.0702. The van der Waals surface area contributed by atoms with Crippen molar-refractivity contribution in [2.45, 2.75) is 44.9 Å². The van der Waals surface area contributed by atoms with Crippen LogP contribution in [0, 0.1) is 0 Å². The predicted molar refractivity (Wildman–Crippen MR) is 162 cm³/mol. The normalized spacial score (nSPS) is 15.1. The van der Waals surface area contributed by atoms with E-state index in [2.05, 4.69) is 79.1 Å². The summed E-state index contributed by atoms with van der Waals surface area (Å²) in [5.74, 6) is 2.10. The number of nitrogens with zero attached hydrogens (tertiary/aromatic N) is 4. The zero-order valence-electron chi connectivity index (χ0n) is 22.9. The van der Waals surface area contributed by atoms with Gasteiger partial charge in [-0.1, -0.05) is 98.8 Å². The largest absolute Gasteiger partial charge is 0.282 e. The standard InChI is InChI=1S/C36H30N4/c1-36(2)29-19-11-9-17-25(29)27-21-28-26-18-10-12-20-31(26)40(32(28)22-30(27)36)35-38-33(23-13-5-3-6-14-23)37-34(39-35)24-15-7-4-8-16-24/h3-9,11,13-17,19,21-22H,10,12,18,20H2,1-2H3. The van der Waals surface area contributed by atoms with Crippen LogP contribution in [0.3, 0.4) is 0 Å². The summed E-state index contributed by atoms with van der Waals surface area (Å²) >= 11 is 0. The van der Waals surface area contributed by atoms with Crippen LogP contribution in [0.5, 0.6) is 0 Å². The molecule has 0 radical (unpaired) electrons. The lowest BCUT2D eigenvalue weighted by molar-refractivity contribution is 0.658. The number of fused-ring (bicyclic) bond motifs is 6. The molecule has 6 aromatic rings. The van der Waals surface area contributed by atoms with Crippen molar-refractivity contribution in [2.75, 3.05) is 0 Å². The first-order valence-corrected chi connectivity index (χ1v) is 14.3. The van der Waals surface area contributed by atoms with Crippen molar-refractivity contribution in [1.82, 2.24) is 19.5 Å². The molecule has 0 amide bonds. The molecule has 2 aliphatic carbocycles. The molecule has 0 saturated heterocycles. The SMILES string of the molecule is CC1(C)c2ccccc2-c2cc3c4c(n(-c5nc(-c6ccccc6)nc(-c6ccccc6)n5)c3cc21)CCCC4. The van der Waals surface area contributed by atoms with E-state index in [1.54, 1.807) is 0 Å². The summed E-state index contributed by atoms with van der Waals surface area (Å²) in [7, 11) is 0. The maximum atomic E-state index is 5.14. The number of rotatable bonds is 3. The lowest BCUT2D eigenvalue weighted by Gasteiger charge is -2.21. The van der Waals surface area contributed by atoms with Crippen LogP contribution >= 0.6 is 0 Å². The van der Waals surface area contributed by atoms with Gasteiger partial charge in [-0.05, 0) is 65.6 Å². The maximum Gasteiger partial charge on any atom is 0.238 e. The molecule has 4 aromatic carbocycles. The summed E-state index contributed by atoms with van der Waals surface area (Å²) in [5.41, 5.74) is 11.4. The van der Waals surface area contributed by atoms with Crippen molar-refractivity contribution in [3.63, 3.8) is 0 Å². The van der Waals surface area contributed by atoms with Gasteiger partial charge in [-0.25, -0.2) is 4.98 Å². The van der Waals surface area contributed by atoms with E-state index in [0.29, 0.717) is 17.6 Å². The van der Waals surface area contributed by atoms with E-state index in [0.717, 1.165) is 24.0 Å². The molecule has 0 unspecified atom stereocenters. The summed E-state index contributed by atoms with van der Waals surface area (Å²) < 4.78 is 2.35. The molecule has 0 N–H and O–H groups in total. The Morgan fingerprint density at radius 1 is 0.625 bits per heavy atom. The van der Waals surface area contributed by atoms with E-state index >= 15 is 0 Å². The first-order valence-electron chi connectivity index (χ1n) is 14.3. The molecule has 0 saturated carbocycles. The van der Waals surface area contributed by atoms with Crippen molar-refractivity contribution in [3.8, 4) is 39.9 Å². The Kier molecular flexibility index (Phi) is 5.09. The van der Waals surface area contributed by atoms with Crippen molar-refractivity contribution in [1.29, 1.82) is 0 Å². The van der Waals surface area contributed by atoms with Crippen LogP contribution in [0.1, 0.15) is 49.1 Å². The topological polar surface area (TPSA) is 43.6 Å². The van der Waals surface area contributed by atoms with Gasteiger partial charge in [0.1, 0.15) is 0 Å². The molecular formula is C36H30N4. The Morgan fingerprint density at radius 2 is 1.25 bits per heavy atom. The highest BCUT2D eigenvalue weighted by Gasteiger charge is 2.37. The highest BCUT2D eigenvalue weighted by molar-refractivity contribution is 5.96. The Hall–Kier alpha value is -4.57. The monoisotopic (exact) mass is 518 g/mol.